The second-order valence-electron chi connectivity index (χ2n) is 4.30. The molecule has 0 aromatic heterocycles. The molecule has 0 saturated carbocycles. The summed E-state index contributed by atoms with van der Waals surface area (Å²) >= 11 is 0. The van der Waals surface area contributed by atoms with E-state index in [1.165, 1.54) is 0 Å². The van der Waals surface area contributed by atoms with Gasteiger partial charge in [-0.2, -0.15) is 0 Å². The standard InChI is InChI=1S/C15H18N2O/c1-2-3-10-16-17-15(18)14-9-8-12-6-4-5-7-13(12)11-14/h4-9,11,16H,2-3,10H2,1H3,(H,17,18). The lowest BCUT2D eigenvalue weighted by Crippen LogP contribution is -2.37. The lowest BCUT2D eigenvalue weighted by atomic mass is 10.1. The summed E-state index contributed by atoms with van der Waals surface area (Å²) in [5.74, 6) is -0.0862. The van der Waals surface area contributed by atoms with Crippen molar-refractivity contribution in [2.45, 2.75) is 19.8 Å². The second-order valence-corrected chi connectivity index (χ2v) is 4.30. The smallest absolute Gasteiger partial charge is 0.265 e. The topological polar surface area (TPSA) is 41.1 Å². The lowest BCUT2D eigenvalue weighted by Gasteiger charge is -2.07. The number of hydrazine groups is 1. The normalized spacial score (nSPS) is 10.5. The highest BCUT2D eigenvalue weighted by Gasteiger charge is 2.04. The van der Waals surface area contributed by atoms with Crippen molar-refractivity contribution in [2.75, 3.05) is 6.54 Å². The summed E-state index contributed by atoms with van der Waals surface area (Å²) in [7, 11) is 0. The molecule has 0 radical (unpaired) electrons. The summed E-state index contributed by atoms with van der Waals surface area (Å²) in [5.41, 5.74) is 6.32. The molecule has 0 aliphatic carbocycles. The van der Waals surface area contributed by atoms with Gasteiger partial charge in [0, 0.05) is 12.1 Å². The fraction of sp³-hybridized carbons (Fsp3) is 0.267. The van der Waals surface area contributed by atoms with Crippen LogP contribution in [0.4, 0.5) is 0 Å². The molecule has 2 rings (SSSR count). The van der Waals surface area contributed by atoms with Gasteiger partial charge in [0.15, 0.2) is 0 Å². The van der Waals surface area contributed by atoms with Gasteiger partial charge < -0.3 is 0 Å². The van der Waals surface area contributed by atoms with Crippen LogP contribution in [0.25, 0.3) is 10.8 Å². The Kier molecular flexibility index (Phi) is 4.31. The molecule has 3 nitrogen and oxygen atoms in total. The Hall–Kier alpha value is -1.87. The average molecular weight is 242 g/mol. The fourth-order valence-electron chi connectivity index (χ4n) is 1.81. The van der Waals surface area contributed by atoms with Crippen LogP contribution in [0.2, 0.25) is 0 Å². The van der Waals surface area contributed by atoms with Gasteiger partial charge in [-0.05, 0) is 29.3 Å². The molecule has 0 saturated heterocycles. The van der Waals surface area contributed by atoms with E-state index in [0.29, 0.717) is 5.56 Å². The predicted molar refractivity (Wildman–Crippen MR) is 74.3 cm³/mol. The molecule has 0 fully saturated rings. The summed E-state index contributed by atoms with van der Waals surface area (Å²) in [5, 5.41) is 2.23. The minimum atomic E-state index is -0.0862. The highest BCUT2D eigenvalue weighted by Crippen LogP contribution is 2.15. The van der Waals surface area contributed by atoms with Crippen molar-refractivity contribution >= 4 is 16.7 Å². The SMILES string of the molecule is CCCCNNC(=O)c1ccc2ccccc2c1. The van der Waals surface area contributed by atoms with Gasteiger partial charge in [0.05, 0.1) is 0 Å². The Morgan fingerprint density at radius 3 is 2.67 bits per heavy atom. The van der Waals surface area contributed by atoms with Gasteiger partial charge in [-0.15, -0.1) is 0 Å². The van der Waals surface area contributed by atoms with Crippen molar-refractivity contribution in [3.63, 3.8) is 0 Å². The van der Waals surface area contributed by atoms with E-state index >= 15 is 0 Å². The van der Waals surface area contributed by atoms with Gasteiger partial charge in [0.2, 0.25) is 0 Å². The summed E-state index contributed by atoms with van der Waals surface area (Å²) in [6, 6.07) is 13.7. The molecule has 0 heterocycles. The quantitative estimate of drug-likeness (QED) is 0.625. The van der Waals surface area contributed by atoms with Crippen molar-refractivity contribution in [1.82, 2.24) is 10.9 Å². The Balaban J connectivity index is 2.04. The van der Waals surface area contributed by atoms with Gasteiger partial charge in [-0.3, -0.25) is 10.2 Å². The van der Waals surface area contributed by atoms with E-state index in [1.807, 2.05) is 42.5 Å². The number of amides is 1. The van der Waals surface area contributed by atoms with Crippen LogP contribution in [0.1, 0.15) is 30.1 Å². The number of hydrogen-bond donors (Lipinski definition) is 2. The molecule has 0 atom stereocenters. The van der Waals surface area contributed by atoms with Crippen LogP contribution >= 0.6 is 0 Å². The van der Waals surface area contributed by atoms with E-state index in [2.05, 4.69) is 17.8 Å². The monoisotopic (exact) mass is 242 g/mol. The molecule has 0 unspecified atom stereocenters. The number of carbonyl (C=O) groups is 1. The van der Waals surface area contributed by atoms with Crippen LogP contribution in [0.5, 0.6) is 0 Å². The number of nitrogens with one attached hydrogen (secondary N) is 2. The van der Waals surface area contributed by atoms with Crippen LogP contribution in [0, 0.1) is 0 Å². The predicted octanol–water partition coefficient (Wildman–Crippen LogP) is 2.87. The largest absolute Gasteiger partial charge is 0.287 e. The number of unbranched alkanes of at least 4 members (excludes halogenated alkanes) is 1. The number of rotatable bonds is 5. The van der Waals surface area contributed by atoms with Gasteiger partial charge in [0.25, 0.3) is 5.91 Å². The molecule has 0 bridgehead atoms. The first-order valence-electron chi connectivity index (χ1n) is 6.33. The lowest BCUT2D eigenvalue weighted by molar-refractivity contribution is 0.0933. The van der Waals surface area contributed by atoms with E-state index in [0.717, 1.165) is 30.2 Å². The molecule has 2 aromatic rings. The summed E-state index contributed by atoms with van der Waals surface area (Å²) in [4.78, 5) is 11.9. The van der Waals surface area contributed by atoms with E-state index in [4.69, 9.17) is 0 Å². The Bertz CT molecular complexity index is 537. The molecule has 2 N–H and O–H groups in total. The molecular formula is C15H18N2O. The number of benzene rings is 2. The third-order valence-electron chi connectivity index (χ3n) is 2.87. The van der Waals surface area contributed by atoms with E-state index in [1.54, 1.807) is 0 Å². The molecule has 18 heavy (non-hydrogen) atoms. The highest BCUT2D eigenvalue weighted by molar-refractivity contribution is 5.98. The molecule has 2 aromatic carbocycles. The Morgan fingerprint density at radius 2 is 1.89 bits per heavy atom. The Labute approximate surface area is 107 Å². The zero-order valence-electron chi connectivity index (χ0n) is 10.6. The van der Waals surface area contributed by atoms with Gasteiger partial charge in [0.1, 0.15) is 0 Å². The molecule has 0 aliphatic rings. The maximum Gasteiger partial charge on any atom is 0.265 e. The highest BCUT2D eigenvalue weighted by atomic mass is 16.2. The van der Waals surface area contributed by atoms with Crippen LogP contribution < -0.4 is 10.9 Å². The first-order chi connectivity index (χ1) is 8.81. The average Bonchev–Trinajstić information content (AvgIpc) is 2.43. The van der Waals surface area contributed by atoms with Crippen LogP contribution in [-0.4, -0.2) is 12.5 Å². The third kappa shape index (κ3) is 3.08. The molecule has 94 valence electrons. The maximum atomic E-state index is 11.9. The summed E-state index contributed by atoms with van der Waals surface area (Å²) in [6.07, 6.45) is 2.16. The van der Waals surface area contributed by atoms with Crippen LogP contribution in [-0.2, 0) is 0 Å². The minimum absolute atomic E-state index is 0.0862. The molecule has 1 amide bonds. The van der Waals surface area contributed by atoms with Crippen molar-refractivity contribution in [3.8, 4) is 0 Å². The van der Waals surface area contributed by atoms with E-state index in [-0.39, 0.29) is 5.91 Å². The Morgan fingerprint density at radius 1 is 1.11 bits per heavy atom. The van der Waals surface area contributed by atoms with Crippen molar-refractivity contribution < 1.29 is 4.79 Å². The molecule has 0 spiro atoms. The maximum absolute atomic E-state index is 11.9. The van der Waals surface area contributed by atoms with E-state index in [9.17, 15) is 4.79 Å². The van der Waals surface area contributed by atoms with Crippen molar-refractivity contribution in [3.05, 3.63) is 48.0 Å². The summed E-state index contributed by atoms with van der Waals surface area (Å²) in [6.45, 7) is 2.92. The van der Waals surface area contributed by atoms with Crippen LogP contribution in [0.3, 0.4) is 0 Å². The first-order valence-corrected chi connectivity index (χ1v) is 6.33. The number of fused-ring (bicyclic) bond motifs is 1. The molecule has 3 heteroatoms. The summed E-state index contributed by atoms with van der Waals surface area (Å²) < 4.78 is 0. The van der Waals surface area contributed by atoms with Crippen molar-refractivity contribution in [1.29, 1.82) is 0 Å². The number of carbonyl (C=O) groups excluding carboxylic acids is 1. The van der Waals surface area contributed by atoms with Gasteiger partial charge >= 0.3 is 0 Å². The second kappa shape index (κ2) is 6.17. The fourth-order valence-corrected chi connectivity index (χ4v) is 1.81. The van der Waals surface area contributed by atoms with Crippen LogP contribution in [0.15, 0.2) is 42.5 Å². The van der Waals surface area contributed by atoms with Gasteiger partial charge in [-0.25, -0.2) is 5.43 Å². The zero-order chi connectivity index (χ0) is 12.8. The zero-order valence-corrected chi connectivity index (χ0v) is 10.6. The first kappa shape index (κ1) is 12.6. The minimum Gasteiger partial charge on any atom is -0.287 e. The number of hydrogen-bond acceptors (Lipinski definition) is 2. The van der Waals surface area contributed by atoms with E-state index < -0.39 is 0 Å². The molecule has 0 aliphatic heterocycles. The molecular weight excluding hydrogens is 224 g/mol. The third-order valence-corrected chi connectivity index (χ3v) is 2.87. The van der Waals surface area contributed by atoms with Gasteiger partial charge in [-0.1, -0.05) is 43.7 Å². The van der Waals surface area contributed by atoms with Crippen molar-refractivity contribution in [2.24, 2.45) is 0 Å².